The van der Waals surface area contributed by atoms with Gasteiger partial charge in [-0.3, -0.25) is 11.3 Å². The number of hydrogen-bond acceptors (Lipinski definition) is 2. The number of rotatable bonds is 5. The number of aryl methyl sites for hydroxylation is 1. The van der Waals surface area contributed by atoms with E-state index in [2.05, 4.69) is 57.4 Å². The lowest BCUT2D eigenvalue weighted by atomic mass is 9.87. The number of benzene rings is 1. The lowest BCUT2D eigenvalue weighted by Gasteiger charge is -2.23. The van der Waals surface area contributed by atoms with E-state index in [-0.39, 0.29) is 0 Å². The molecule has 0 aliphatic rings. The van der Waals surface area contributed by atoms with Crippen LogP contribution in [0.4, 0.5) is 0 Å². The van der Waals surface area contributed by atoms with Crippen molar-refractivity contribution in [3.05, 3.63) is 35.4 Å². The molecule has 0 bridgehead atoms. The number of hydrogen-bond donors (Lipinski definition) is 2. The van der Waals surface area contributed by atoms with Crippen LogP contribution in [0.25, 0.3) is 0 Å². The zero-order valence-electron chi connectivity index (χ0n) is 11.6. The average Bonchev–Trinajstić information content (AvgIpc) is 2.25. The molecule has 1 rings (SSSR count). The Morgan fingerprint density at radius 1 is 1.24 bits per heavy atom. The summed E-state index contributed by atoms with van der Waals surface area (Å²) in [6.07, 6.45) is 3.32. The van der Waals surface area contributed by atoms with Gasteiger partial charge >= 0.3 is 0 Å². The summed E-state index contributed by atoms with van der Waals surface area (Å²) in [4.78, 5) is 0. The third-order valence-electron chi connectivity index (χ3n) is 3.21. The summed E-state index contributed by atoms with van der Waals surface area (Å²) in [6, 6.07) is 8.90. The van der Waals surface area contributed by atoms with E-state index in [4.69, 9.17) is 5.84 Å². The summed E-state index contributed by atoms with van der Waals surface area (Å²) in [5, 5.41) is 0. The average molecular weight is 234 g/mol. The highest BCUT2D eigenvalue weighted by atomic mass is 15.2. The summed E-state index contributed by atoms with van der Waals surface area (Å²) in [7, 11) is 0. The second-order valence-electron chi connectivity index (χ2n) is 6.09. The van der Waals surface area contributed by atoms with Gasteiger partial charge in [0.25, 0.3) is 0 Å². The molecule has 0 aliphatic heterocycles. The Kier molecular flexibility index (Phi) is 5.16. The Balaban J connectivity index is 2.56. The highest BCUT2D eigenvalue weighted by Crippen LogP contribution is 2.22. The first-order chi connectivity index (χ1) is 7.92. The van der Waals surface area contributed by atoms with Crippen molar-refractivity contribution in [2.75, 3.05) is 0 Å². The van der Waals surface area contributed by atoms with Crippen LogP contribution in [0.1, 0.15) is 44.7 Å². The Bertz CT molecular complexity index is 339. The fourth-order valence-electron chi connectivity index (χ4n) is 1.96. The van der Waals surface area contributed by atoms with Gasteiger partial charge in [0.2, 0.25) is 0 Å². The predicted octanol–water partition coefficient (Wildman–Crippen LogP) is 3.20. The van der Waals surface area contributed by atoms with Crippen molar-refractivity contribution in [2.24, 2.45) is 11.3 Å². The van der Waals surface area contributed by atoms with E-state index in [1.165, 1.54) is 17.5 Å². The minimum Gasteiger partial charge on any atom is -0.271 e. The van der Waals surface area contributed by atoms with Gasteiger partial charge in [-0.2, -0.15) is 0 Å². The number of hydrazine groups is 1. The molecule has 0 radical (unpaired) electrons. The molecule has 1 unspecified atom stereocenters. The monoisotopic (exact) mass is 234 g/mol. The minimum atomic E-state index is 0.371. The highest BCUT2D eigenvalue weighted by molar-refractivity contribution is 5.26. The molecular weight excluding hydrogens is 208 g/mol. The molecule has 3 N–H and O–H groups in total. The Morgan fingerprint density at radius 3 is 2.41 bits per heavy atom. The Morgan fingerprint density at radius 2 is 1.88 bits per heavy atom. The Hall–Kier alpha value is -0.860. The van der Waals surface area contributed by atoms with Crippen molar-refractivity contribution in [1.29, 1.82) is 0 Å². The van der Waals surface area contributed by atoms with E-state index in [9.17, 15) is 0 Å². The van der Waals surface area contributed by atoms with Crippen LogP contribution in [0.5, 0.6) is 0 Å². The maximum atomic E-state index is 5.65. The third-order valence-corrected chi connectivity index (χ3v) is 3.21. The van der Waals surface area contributed by atoms with Gasteiger partial charge < -0.3 is 0 Å². The highest BCUT2D eigenvalue weighted by Gasteiger charge is 2.15. The molecule has 0 saturated heterocycles. The first kappa shape index (κ1) is 14.2. The number of nitrogens with two attached hydrogens (primary N) is 1. The maximum absolute atomic E-state index is 5.65. The van der Waals surface area contributed by atoms with Gasteiger partial charge in [-0.1, -0.05) is 45.0 Å². The smallest absolute Gasteiger partial charge is 0.0251 e. The molecular formula is C15H26N2. The molecule has 0 saturated carbocycles. The number of nitrogens with one attached hydrogen (secondary N) is 1. The molecule has 96 valence electrons. The summed E-state index contributed by atoms with van der Waals surface area (Å²) in [5.41, 5.74) is 6.07. The first-order valence-corrected chi connectivity index (χ1v) is 6.43. The van der Waals surface area contributed by atoms with Crippen LogP contribution < -0.4 is 11.3 Å². The topological polar surface area (TPSA) is 38.0 Å². The summed E-state index contributed by atoms with van der Waals surface area (Å²) in [6.45, 7) is 8.98. The van der Waals surface area contributed by atoms with Crippen molar-refractivity contribution in [2.45, 2.75) is 53.0 Å². The molecule has 1 aromatic rings. The van der Waals surface area contributed by atoms with Gasteiger partial charge in [-0.25, -0.2) is 0 Å². The zero-order valence-corrected chi connectivity index (χ0v) is 11.6. The van der Waals surface area contributed by atoms with Crippen molar-refractivity contribution >= 4 is 0 Å². The van der Waals surface area contributed by atoms with Crippen molar-refractivity contribution in [3.63, 3.8) is 0 Å². The second kappa shape index (κ2) is 6.18. The molecule has 2 heteroatoms. The van der Waals surface area contributed by atoms with E-state index >= 15 is 0 Å². The van der Waals surface area contributed by atoms with Crippen LogP contribution in [-0.4, -0.2) is 6.04 Å². The molecule has 0 aromatic heterocycles. The van der Waals surface area contributed by atoms with Crippen LogP contribution in [-0.2, 0) is 6.42 Å². The molecule has 1 aromatic carbocycles. The van der Waals surface area contributed by atoms with Crippen LogP contribution in [0.3, 0.4) is 0 Å². The third kappa shape index (κ3) is 5.33. The lowest BCUT2D eigenvalue weighted by molar-refractivity contribution is 0.330. The van der Waals surface area contributed by atoms with Crippen molar-refractivity contribution in [3.8, 4) is 0 Å². The molecule has 1 atom stereocenters. The van der Waals surface area contributed by atoms with Crippen LogP contribution >= 0.6 is 0 Å². The summed E-state index contributed by atoms with van der Waals surface area (Å²) >= 11 is 0. The normalized spacial score (nSPS) is 13.7. The Labute approximate surface area is 106 Å². The van der Waals surface area contributed by atoms with E-state index < -0.39 is 0 Å². The van der Waals surface area contributed by atoms with E-state index in [0.717, 1.165) is 12.8 Å². The molecule has 0 fully saturated rings. The van der Waals surface area contributed by atoms with Crippen LogP contribution in [0, 0.1) is 12.3 Å². The quantitative estimate of drug-likeness (QED) is 0.606. The fourth-order valence-corrected chi connectivity index (χ4v) is 1.96. The summed E-state index contributed by atoms with van der Waals surface area (Å²) < 4.78 is 0. The van der Waals surface area contributed by atoms with Crippen molar-refractivity contribution < 1.29 is 0 Å². The predicted molar refractivity (Wildman–Crippen MR) is 74.7 cm³/mol. The van der Waals surface area contributed by atoms with Gasteiger partial charge in [0.15, 0.2) is 0 Å². The molecule has 0 aliphatic carbocycles. The summed E-state index contributed by atoms with van der Waals surface area (Å²) in [5.74, 6) is 5.65. The van der Waals surface area contributed by atoms with Gasteiger partial charge in [0.1, 0.15) is 0 Å². The first-order valence-electron chi connectivity index (χ1n) is 6.43. The van der Waals surface area contributed by atoms with E-state index in [1.807, 2.05) is 0 Å². The SMILES string of the molecule is Cc1ccccc1CC(CCC(C)(C)C)NN. The molecule has 0 spiro atoms. The molecule has 17 heavy (non-hydrogen) atoms. The van der Waals surface area contributed by atoms with Crippen molar-refractivity contribution in [1.82, 2.24) is 5.43 Å². The van der Waals surface area contributed by atoms with Gasteiger partial charge in [0.05, 0.1) is 0 Å². The standard InChI is InChI=1S/C15H26N2/c1-12-7-5-6-8-13(12)11-14(17-16)9-10-15(2,3)4/h5-8,14,17H,9-11,16H2,1-4H3. The lowest BCUT2D eigenvalue weighted by Crippen LogP contribution is -2.37. The molecule has 2 nitrogen and oxygen atoms in total. The zero-order chi connectivity index (χ0) is 12.9. The van der Waals surface area contributed by atoms with Crippen LogP contribution in [0.15, 0.2) is 24.3 Å². The van der Waals surface area contributed by atoms with Gasteiger partial charge in [-0.05, 0) is 42.7 Å². The fraction of sp³-hybridized carbons (Fsp3) is 0.600. The molecule has 0 heterocycles. The minimum absolute atomic E-state index is 0.371. The van der Waals surface area contributed by atoms with Crippen LogP contribution in [0.2, 0.25) is 0 Å². The van der Waals surface area contributed by atoms with E-state index in [1.54, 1.807) is 0 Å². The second-order valence-corrected chi connectivity index (χ2v) is 6.09. The largest absolute Gasteiger partial charge is 0.271 e. The van der Waals surface area contributed by atoms with E-state index in [0.29, 0.717) is 11.5 Å². The van der Waals surface area contributed by atoms with Gasteiger partial charge in [-0.15, -0.1) is 0 Å². The maximum Gasteiger partial charge on any atom is 0.0251 e. The van der Waals surface area contributed by atoms with Gasteiger partial charge in [0, 0.05) is 6.04 Å². The molecule has 0 amide bonds.